The summed E-state index contributed by atoms with van der Waals surface area (Å²) in [7, 11) is 0. The van der Waals surface area contributed by atoms with Crippen molar-refractivity contribution in [1.82, 2.24) is 5.32 Å². The largest absolute Gasteiger partial charge is 0.352 e. The molecular formula is C15H22N2O. The first-order valence-electron chi connectivity index (χ1n) is 6.67. The van der Waals surface area contributed by atoms with Gasteiger partial charge in [-0.3, -0.25) is 4.79 Å². The Labute approximate surface area is 109 Å². The molecule has 1 aliphatic carbocycles. The summed E-state index contributed by atoms with van der Waals surface area (Å²) < 4.78 is 0. The van der Waals surface area contributed by atoms with Crippen molar-refractivity contribution in [2.75, 3.05) is 6.54 Å². The van der Waals surface area contributed by atoms with Crippen LogP contribution in [0.25, 0.3) is 0 Å². The lowest BCUT2D eigenvalue weighted by Crippen LogP contribution is -2.29. The molecule has 0 aliphatic heterocycles. The lowest BCUT2D eigenvalue weighted by atomic mass is 10.0. The second-order valence-electron chi connectivity index (χ2n) is 5.47. The van der Waals surface area contributed by atoms with Crippen LogP contribution in [0.4, 0.5) is 0 Å². The zero-order chi connectivity index (χ0) is 13.1. The number of aryl methyl sites for hydroxylation is 2. The molecule has 3 nitrogen and oxygen atoms in total. The van der Waals surface area contributed by atoms with Crippen molar-refractivity contribution >= 4 is 5.91 Å². The summed E-state index contributed by atoms with van der Waals surface area (Å²) in [6.45, 7) is 4.77. The van der Waals surface area contributed by atoms with Crippen LogP contribution in [0.2, 0.25) is 0 Å². The van der Waals surface area contributed by atoms with E-state index in [-0.39, 0.29) is 5.91 Å². The molecule has 1 amide bonds. The van der Waals surface area contributed by atoms with Crippen LogP contribution in [0.5, 0.6) is 0 Å². The molecule has 0 saturated heterocycles. The molecule has 2 atom stereocenters. The van der Waals surface area contributed by atoms with E-state index in [1.54, 1.807) is 0 Å². The van der Waals surface area contributed by atoms with Crippen molar-refractivity contribution in [3.05, 3.63) is 34.9 Å². The van der Waals surface area contributed by atoms with Gasteiger partial charge in [0.05, 0.1) is 0 Å². The Morgan fingerprint density at radius 3 is 2.78 bits per heavy atom. The first-order chi connectivity index (χ1) is 8.56. The Morgan fingerprint density at radius 1 is 1.39 bits per heavy atom. The zero-order valence-electron chi connectivity index (χ0n) is 11.2. The molecule has 18 heavy (non-hydrogen) atoms. The van der Waals surface area contributed by atoms with Crippen LogP contribution in [0, 0.1) is 19.8 Å². The molecule has 0 radical (unpaired) electrons. The van der Waals surface area contributed by atoms with Gasteiger partial charge < -0.3 is 11.1 Å². The molecule has 1 fully saturated rings. The highest BCUT2D eigenvalue weighted by Crippen LogP contribution is 2.23. The highest BCUT2D eigenvalue weighted by Gasteiger charge is 2.22. The summed E-state index contributed by atoms with van der Waals surface area (Å²) in [6.07, 6.45) is 3.26. The van der Waals surface area contributed by atoms with Gasteiger partial charge in [-0.05, 0) is 50.7 Å². The SMILES string of the molecule is Cc1ccc(C(=O)NCC2CCC(N)C2)c(C)c1. The molecule has 3 N–H and O–H groups in total. The molecule has 0 heterocycles. The van der Waals surface area contributed by atoms with E-state index >= 15 is 0 Å². The van der Waals surface area contributed by atoms with Crippen molar-refractivity contribution in [3.8, 4) is 0 Å². The molecule has 3 heteroatoms. The highest BCUT2D eigenvalue weighted by atomic mass is 16.1. The van der Waals surface area contributed by atoms with Crippen molar-refractivity contribution in [2.45, 2.75) is 39.2 Å². The maximum absolute atomic E-state index is 12.1. The summed E-state index contributed by atoms with van der Waals surface area (Å²) in [5, 5.41) is 3.03. The second-order valence-corrected chi connectivity index (χ2v) is 5.47. The lowest BCUT2D eigenvalue weighted by molar-refractivity contribution is 0.0946. The minimum atomic E-state index is 0.0352. The average molecular weight is 246 g/mol. The molecule has 98 valence electrons. The predicted octanol–water partition coefficient (Wildman–Crippen LogP) is 2.16. The fraction of sp³-hybridized carbons (Fsp3) is 0.533. The molecule has 1 aromatic rings. The van der Waals surface area contributed by atoms with E-state index in [2.05, 4.69) is 5.32 Å². The Hall–Kier alpha value is -1.35. The Balaban J connectivity index is 1.91. The van der Waals surface area contributed by atoms with Gasteiger partial charge in [0.2, 0.25) is 0 Å². The van der Waals surface area contributed by atoms with E-state index in [1.165, 1.54) is 5.56 Å². The van der Waals surface area contributed by atoms with E-state index in [9.17, 15) is 4.79 Å². The number of hydrogen-bond donors (Lipinski definition) is 2. The number of amides is 1. The van der Waals surface area contributed by atoms with Gasteiger partial charge in [0, 0.05) is 18.2 Å². The normalized spacial score (nSPS) is 23.1. The van der Waals surface area contributed by atoms with E-state index < -0.39 is 0 Å². The van der Waals surface area contributed by atoms with Gasteiger partial charge >= 0.3 is 0 Å². The third kappa shape index (κ3) is 3.10. The van der Waals surface area contributed by atoms with Gasteiger partial charge in [0.25, 0.3) is 5.91 Å². The predicted molar refractivity (Wildman–Crippen MR) is 73.6 cm³/mol. The van der Waals surface area contributed by atoms with Crippen molar-refractivity contribution < 1.29 is 4.79 Å². The molecule has 1 saturated carbocycles. The van der Waals surface area contributed by atoms with Crippen LogP contribution in [0.3, 0.4) is 0 Å². The summed E-state index contributed by atoms with van der Waals surface area (Å²) in [5.41, 5.74) is 8.87. The topological polar surface area (TPSA) is 55.1 Å². The van der Waals surface area contributed by atoms with Crippen LogP contribution in [0.1, 0.15) is 40.7 Å². The number of nitrogens with one attached hydrogen (secondary N) is 1. The maximum Gasteiger partial charge on any atom is 0.251 e. The van der Waals surface area contributed by atoms with Gasteiger partial charge in [-0.15, -0.1) is 0 Å². The monoisotopic (exact) mass is 246 g/mol. The summed E-state index contributed by atoms with van der Waals surface area (Å²) in [4.78, 5) is 12.1. The van der Waals surface area contributed by atoms with Crippen LogP contribution in [-0.4, -0.2) is 18.5 Å². The number of nitrogens with two attached hydrogens (primary N) is 1. The number of rotatable bonds is 3. The number of benzene rings is 1. The number of hydrogen-bond acceptors (Lipinski definition) is 2. The third-order valence-electron chi connectivity index (χ3n) is 3.76. The third-order valence-corrected chi connectivity index (χ3v) is 3.76. The fourth-order valence-corrected chi connectivity index (χ4v) is 2.70. The maximum atomic E-state index is 12.1. The highest BCUT2D eigenvalue weighted by molar-refractivity contribution is 5.95. The first kappa shape index (κ1) is 13.1. The Morgan fingerprint density at radius 2 is 2.17 bits per heavy atom. The molecule has 0 bridgehead atoms. The Bertz CT molecular complexity index is 442. The minimum Gasteiger partial charge on any atom is -0.352 e. The molecule has 2 unspecified atom stereocenters. The van der Waals surface area contributed by atoms with E-state index in [1.807, 2.05) is 32.0 Å². The number of carbonyl (C=O) groups is 1. The van der Waals surface area contributed by atoms with Gasteiger partial charge in [-0.25, -0.2) is 0 Å². The molecule has 1 aromatic carbocycles. The van der Waals surface area contributed by atoms with E-state index in [0.717, 1.165) is 36.9 Å². The molecule has 1 aliphatic rings. The summed E-state index contributed by atoms with van der Waals surface area (Å²) in [5.74, 6) is 0.586. The summed E-state index contributed by atoms with van der Waals surface area (Å²) >= 11 is 0. The Kier molecular flexibility index (Phi) is 4.02. The van der Waals surface area contributed by atoms with Crippen LogP contribution < -0.4 is 11.1 Å². The van der Waals surface area contributed by atoms with Crippen LogP contribution in [-0.2, 0) is 0 Å². The standard InChI is InChI=1S/C15H22N2O/c1-10-3-6-14(11(2)7-10)15(18)17-9-12-4-5-13(16)8-12/h3,6-7,12-13H,4-5,8-9,16H2,1-2H3,(H,17,18). The quantitative estimate of drug-likeness (QED) is 0.858. The minimum absolute atomic E-state index is 0.0352. The van der Waals surface area contributed by atoms with Crippen LogP contribution in [0.15, 0.2) is 18.2 Å². The molecule has 0 aromatic heterocycles. The van der Waals surface area contributed by atoms with Crippen molar-refractivity contribution in [3.63, 3.8) is 0 Å². The van der Waals surface area contributed by atoms with Gasteiger partial charge in [0.1, 0.15) is 0 Å². The first-order valence-corrected chi connectivity index (χ1v) is 6.67. The lowest BCUT2D eigenvalue weighted by Gasteiger charge is -2.12. The summed E-state index contributed by atoms with van der Waals surface area (Å²) in [6, 6.07) is 6.25. The zero-order valence-corrected chi connectivity index (χ0v) is 11.2. The molecular weight excluding hydrogens is 224 g/mol. The molecule has 2 rings (SSSR count). The average Bonchev–Trinajstić information content (AvgIpc) is 2.72. The van der Waals surface area contributed by atoms with Crippen LogP contribution >= 0.6 is 0 Å². The van der Waals surface area contributed by atoms with Gasteiger partial charge in [-0.2, -0.15) is 0 Å². The number of carbonyl (C=O) groups excluding carboxylic acids is 1. The smallest absolute Gasteiger partial charge is 0.251 e. The van der Waals surface area contributed by atoms with E-state index in [0.29, 0.717) is 12.0 Å². The fourth-order valence-electron chi connectivity index (χ4n) is 2.70. The van der Waals surface area contributed by atoms with Crippen molar-refractivity contribution in [1.29, 1.82) is 0 Å². The van der Waals surface area contributed by atoms with Crippen molar-refractivity contribution in [2.24, 2.45) is 11.7 Å². The van der Waals surface area contributed by atoms with E-state index in [4.69, 9.17) is 5.73 Å². The van der Waals surface area contributed by atoms with Gasteiger partial charge in [-0.1, -0.05) is 17.7 Å². The van der Waals surface area contributed by atoms with Gasteiger partial charge in [0.15, 0.2) is 0 Å². The second kappa shape index (κ2) is 5.53. The molecule has 0 spiro atoms.